The lowest BCUT2D eigenvalue weighted by atomic mass is 10.2. The van der Waals surface area contributed by atoms with Crippen LogP contribution in [0.25, 0.3) is 0 Å². The van der Waals surface area contributed by atoms with Gasteiger partial charge in [0.05, 0.1) is 17.3 Å². The van der Waals surface area contributed by atoms with Crippen LogP contribution in [0.15, 0.2) is 65.5 Å². The summed E-state index contributed by atoms with van der Waals surface area (Å²) in [7, 11) is 1.65. The van der Waals surface area contributed by atoms with E-state index in [4.69, 9.17) is 9.47 Å². The average Bonchev–Trinajstić information content (AvgIpc) is 2.68. The Hall–Kier alpha value is -2.44. The summed E-state index contributed by atoms with van der Waals surface area (Å²) < 4.78 is 12.3. The van der Waals surface area contributed by atoms with Gasteiger partial charge in [0.2, 0.25) is 0 Å². The highest BCUT2D eigenvalue weighted by Crippen LogP contribution is 2.37. The van der Waals surface area contributed by atoms with Crippen LogP contribution in [0, 0.1) is 0 Å². The van der Waals surface area contributed by atoms with Gasteiger partial charge in [-0.15, -0.1) is 0 Å². The molecule has 0 radical (unpaired) electrons. The molecule has 0 aliphatic carbocycles. The van der Waals surface area contributed by atoms with E-state index in [2.05, 4.69) is 37.3 Å². The number of nitrogens with zero attached hydrogens (tertiary/aromatic N) is 2. The van der Waals surface area contributed by atoms with Gasteiger partial charge in [-0.05, 0) is 46.3 Å². The first kappa shape index (κ1) is 18.4. The van der Waals surface area contributed by atoms with Crippen LogP contribution in [-0.4, -0.2) is 17.1 Å². The molecule has 26 heavy (non-hydrogen) atoms. The average molecular weight is 415 g/mol. The Balaban J connectivity index is 1.64. The van der Waals surface area contributed by atoms with Crippen molar-refractivity contribution in [1.82, 2.24) is 9.97 Å². The van der Waals surface area contributed by atoms with Gasteiger partial charge >= 0.3 is 0 Å². The summed E-state index contributed by atoms with van der Waals surface area (Å²) in [4.78, 5) is 8.44. The van der Waals surface area contributed by atoms with Gasteiger partial charge in [0.25, 0.3) is 0 Å². The van der Waals surface area contributed by atoms with Crippen LogP contribution in [0.4, 0.5) is 0 Å². The normalized spacial score (nSPS) is 10.5. The number of methoxy groups -OCH3 is 1. The molecule has 0 aliphatic heterocycles. The molecule has 2 heterocycles. The summed E-state index contributed by atoms with van der Waals surface area (Å²) in [5, 5.41) is 2.21. The van der Waals surface area contributed by atoms with Crippen molar-refractivity contribution < 1.29 is 14.8 Å². The Labute approximate surface area is 161 Å². The highest BCUT2D eigenvalue weighted by molar-refractivity contribution is 9.10. The van der Waals surface area contributed by atoms with Gasteiger partial charge in [0, 0.05) is 29.7 Å². The zero-order chi connectivity index (χ0) is 18.2. The summed E-state index contributed by atoms with van der Waals surface area (Å²) in [6, 6.07) is 13.9. The zero-order valence-corrected chi connectivity index (χ0v) is 16.1. The summed E-state index contributed by atoms with van der Waals surface area (Å²) in [5.74, 6) is 1.41. The second-order valence-electron chi connectivity index (χ2n) is 5.78. The monoisotopic (exact) mass is 414 g/mol. The van der Waals surface area contributed by atoms with Gasteiger partial charge in [-0.25, -0.2) is 0 Å². The van der Waals surface area contributed by atoms with Crippen LogP contribution in [0.3, 0.4) is 0 Å². The van der Waals surface area contributed by atoms with Crippen molar-refractivity contribution >= 4 is 15.9 Å². The van der Waals surface area contributed by atoms with Crippen LogP contribution >= 0.6 is 15.9 Å². The van der Waals surface area contributed by atoms with Crippen molar-refractivity contribution in [3.05, 3.63) is 82.3 Å². The molecule has 0 unspecified atom stereocenters. The number of ether oxygens (including phenoxy) is 2. The molecule has 2 aromatic heterocycles. The van der Waals surface area contributed by atoms with E-state index in [9.17, 15) is 0 Å². The fraction of sp³-hybridized carbons (Fsp3) is 0.200. The minimum Gasteiger partial charge on any atom is -0.493 e. The van der Waals surface area contributed by atoms with E-state index >= 15 is 0 Å². The van der Waals surface area contributed by atoms with E-state index in [1.807, 2.05) is 42.6 Å². The van der Waals surface area contributed by atoms with Gasteiger partial charge in [-0.2, -0.15) is 0 Å². The third kappa shape index (κ3) is 5.03. The molecule has 0 fully saturated rings. The maximum absolute atomic E-state index is 5.94. The number of benzene rings is 1. The molecule has 2 N–H and O–H groups in total. The van der Waals surface area contributed by atoms with Gasteiger partial charge < -0.3 is 14.8 Å². The Morgan fingerprint density at radius 2 is 1.96 bits per heavy atom. The second-order valence-corrected chi connectivity index (χ2v) is 6.63. The number of rotatable bonds is 8. The number of halogens is 1. The van der Waals surface area contributed by atoms with Crippen LogP contribution in [-0.2, 0) is 19.7 Å². The molecule has 0 saturated heterocycles. The van der Waals surface area contributed by atoms with Crippen LogP contribution < -0.4 is 14.8 Å². The van der Waals surface area contributed by atoms with Crippen molar-refractivity contribution in [2.45, 2.75) is 19.7 Å². The molecule has 134 valence electrons. The largest absolute Gasteiger partial charge is 0.493 e. The topological polar surface area (TPSA) is 60.9 Å². The molecule has 0 amide bonds. The third-order valence-corrected chi connectivity index (χ3v) is 4.44. The number of pyridine rings is 2. The van der Waals surface area contributed by atoms with E-state index in [1.54, 1.807) is 19.5 Å². The first-order valence-electron chi connectivity index (χ1n) is 8.36. The van der Waals surface area contributed by atoms with E-state index in [0.29, 0.717) is 18.1 Å². The molecule has 3 aromatic rings. The predicted molar refractivity (Wildman–Crippen MR) is 103 cm³/mol. The molecule has 0 saturated carbocycles. The molecule has 5 nitrogen and oxygen atoms in total. The third-order valence-electron chi connectivity index (χ3n) is 3.85. The highest BCUT2D eigenvalue weighted by Gasteiger charge is 2.13. The second kappa shape index (κ2) is 9.31. The lowest BCUT2D eigenvalue weighted by molar-refractivity contribution is -0.686. The molecule has 0 atom stereocenters. The predicted octanol–water partition coefficient (Wildman–Crippen LogP) is 3.09. The molecular formula is C20H21BrN3O2+. The molecule has 3 rings (SSSR count). The smallest absolute Gasteiger partial charge is 0.175 e. The molecule has 0 aliphatic rings. The SMILES string of the molecule is COc1cc(C[NH2+]Cc2ccccn2)cc(Br)c1OCc1cccnc1. The van der Waals surface area contributed by atoms with Gasteiger partial charge in [0.15, 0.2) is 11.5 Å². The number of hydrogen-bond acceptors (Lipinski definition) is 4. The quantitative estimate of drug-likeness (QED) is 0.615. The zero-order valence-electron chi connectivity index (χ0n) is 14.6. The van der Waals surface area contributed by atoms with E-state index in [-0.39, 0.29) is 0 Å². The van der Waals surface area contributed by atoms with Crippen LogP contribution in [0.5, 0.6) is 11.5 Å². The van der Waals surface area contributed by atoms with Crippen LogP contribution in [0.2, 0.25) is 0 Å². The summed E-state index contributed by atoms with van der Waals surface area (Å²) in [5.41, 5.74) is 3.22. The minimum atomic E-state index is 0.438. The van der Waals surface area contributed by atoms with Crippen molar-refractivity contribution in [2.24, 2.45) is 0 Å². The number of nitrogens with two attached hydrogens (primary N) is 1. The lowest BCUT2D eigenvalue weighted by Crippen LogP contribution is -2.80. The first-order valence-corrected chi connectivity index (χ1v) is 9.15. The maximum Gasteiger partial charge on any atom is 0.175 e. The molecular weight excluding hydrogens is 394 g/mol. The first-order chi connectivity index (χ1) is 12.8. The standard InChI is InChI=1S/C20H20BrN3O2/c1-25-19-10-16(12-23-13-17-6-2-3-8-24-17)9-18(21)20(19)26-14-15-5-4-7-22-11-15/h2-11,23H,12-14H2,1H3/p+1. The van der Waals surface area contributed by atoms with Crippen molar-refractivity contribution in [3.8, 4) is 11.5 Å². The lowest BCUT2D eigenvalue weighted by Gasteiger charge is -2.14. The van der Waals surface area contributed by atoms with Gasteiger partial charge in [-0.3, -0.25) is 9.97 Å². The van der Waals surface area contributed by atoms with Crippen molar-refractivity contribution in [3.63, 3.8) is 0 Å². The summed E-state index contributed by atoms with van der Waals surface area (Å²) in [6.45, 7) is 2.10. The van der Waals surface area contributed by atoms with Crippen molar-refractivity contribution in [2.75, 3.05) is 7.11 Å². The van der Waals surface area contributed by atoms with Crippen molar-refractivity contribution in [1.29, 1.82) is 0 Å². The number of quaternary nitrogens is 1. The molecule has 6 heteroatoms. The van der Waals surface area contributed by atoms with Gasteiger partial charge in [-0.1, -0.05) is 12.1 Å². The summed E-state index contributed by atoms with van der Waals surface area (Å²) >= 11 is 3.60. The fourth-order valence-electron chi connectivity index (χ4n) is 2.58. The Morgan fingerprint density at radius 3 is 2.69 bits per heavy atom. The number of aromatic nitrogens is 2. The van der Waals surface area contributed by atoms with E-state index in [0.717, 1.165) is 34.4 Å². The van der Waals surface area contributed by atoms with Gasteiger partial charge in [0.1, 0.15) is 19.7 Å². The Morgan fingerprint density at radius 1 is 1.04 bits per heavy atom. The Bertz CT molecular complexity index is 829. The molecule has 1 aromatic carbocycles. The van der Waals surface area contributed by atoms with Crippen LogP contribution in [0.1, 0.15) is 16.8 Å². The van der Waals surface area contributed by atoms with E-state index < -0.39 is 0 Å². The maximum atomic E-state index is 5.94. The fourth-order valence-corrected chi connectivity index (χ4v) is 3.18. The molecule has 0 spiro atoms. The minimum absolute atomic E-state index is 0.438. The molecule has 0 bridgehead atoms. The highest BCUT2D eigenvalue weighted by atomic mass is 79.9. The van der Waals surface area contributed by atoms with E-state index in [1.165, 1.54) is 0 Å². The Kier molecular flexibility index (Phi) is 6.57. The number of hydrogen-bond donors (Lipinski definition) is 1. The summed E-state index contributed by atoms with van der Waals surface area (Å²) in [6.07, 6.45) is 5.36.